The van der Waals surface area contributed by atoms with E-state index in [2.05, 4.69) is 16.0 Å². The van der Waals surface area contributed by atoms with Crippen molar-refractivity contribution in [2.45, 2.75) is 51.2 Å². The number of carbonyl (C=O) groups is 3. The highest BCUT2D eigenvalue weighted by atomic mass is 35.5. The predicted molar refractivity (Wildman–Crippen MR) is 123 cm³/mol. The van der Waals surface area contributed by atoms with Crippen molar-refractivity contribution < 1.29 is 24.2 Å². The van der Waals surface area contributed by atoms with E-state index >= 15 is 0 Å². The molecule has 1 rings (SSSR count). The van der Waals surface area contributed by atoms with E-state index in [0.29, 0.717) is 19.4 Å². The number of halogens is 1. The number of ether oxygens (including phenoxy) is 1. The molecule has 1 atom stereocenters. The van der Waals surface area contributed by atoms with E-state index < -0.39 is 18.0 Å². The summed E-state index contributed by atoms with van der Waals surface area (Å²) < 4.78 is 5.05. The molecule has 7 N–H and O–H groups in total. The topological polar surface area (TPSA) is 167 Å². The molecule has 0 heterocycles. The molecule has 0 aliphatic heterocycles. The number of carbonyl (C=O) groups excluding carboxylic acids is 3. The number of guanidine groups is 1. The maximum atomic E-state index is 11.8. The minimum atomic E-state index is -1.04. The Labute approximate surface area is 194 Å². The molecule has 0 saturated heterocycles. The van der Waals surface area contributed by atoms with Crippen molar-refractivity contribution in [1.82, 2.24) is 16.0 Å². The molecule has 180 valence electrons. The van der Waals surface area contributed by atoms with E-state index in [1.165, 1.54) is 0 Å². The lowest BCUT2D eigenvalue weighted by Crippen LogP contribution is -2.37. The first-order valence-corrected chi connectivity index (χ1v) is 10.4. The maximum Gasteiger partial charge on any atom is 0.325 e. The highest BCUT2D eigenvalue weighted by Gasteiger charge is 2.13. The van der Waals surface area contributed by atoms with E-state index in [9.17, 15) is 19.5 Å². The van der Waals surface area contributed by atoms with Gasteiger partial charge in [-0.25, -0.2) is 0 Å². The third kappa shape index (κ3) is 15.9. The van der Waals surface area contributed by atoms with E-state index in [1.807, 2.05) is 30.3 Å². The summed E-state index contributed by atoms with van der Waals surface area (Å²) in [4.78, 5) is 35.2. The summed E-state index contributed by atoms with van der Waals surface area (Å²) >= 11 is 0. The van der Waals surface area contributed by atoms with Gasteiger partial charge in [-0.1, -0.05) is 43.2 Å². The number of nitrogens with two attached hydrogens (primary N) is 1. The van der Waals surface area contributed by atoms with Crippen LogP contribution in [0.3, 0.4) is 0 Å². The summed E-state index contributed by atoms with van der Waals surface area (Å²) in [5.41, 5.74) is 6.02. The van der Waals surface area contributed by atoms with E-state index in [0.717, 1.165) is 24.8 Å². The zero-order valence-electron chi connectivity index (χ0n) is 18.1. The molecule has 0 aromatic heterocycles. The van der Waals surface area contributed by atoms with Crippen LogP contribution in [-0.4, -0.2) is 54.6 Å². The molecule has 1 unspecified atom stereocenters. The van der Waals surface area contributed by atoms with Gasteiger partial charge in [-0.15, -0.1) is 12.4 Å². The second kappa shape index (κ2) is 17.8. The van der Waals surface area contributed by atoms with Gasteiger partial charge in [0.05, 0.1) is 12.5 Å². The number of aliphatic hydroxyl groups is 1. The van der Waals surface area contributed by atoms with Crippen molar-refractivity contribution in [3.63, 3.8) is 0 Å². The summed E-state index contributed by atoms with van der Waals surface area (Å²) in [5, 5.41) is 24.6. The van der Waals surface area contributed by atoms with Crippen LogP contribution in [0.15, 0.2) is 30.3 Å². The second-order valence-corrected chi connectivity index (χ2v) is 7.09. The van der Waals surface area contributed by atoms with Crippen LogP contribution < -0.4 is 21.7 Å². The van der Waals surface area contributed by atoms with Gasteiger partial charge in [-0.05, 0) is 18.4 Å². The van der Waals surface area contributed by atoms with Crippen LogP contribution in [0.4, 0.5) is 0 Å². The number of unbranched alkanes of at least 4 members (excludes halogenated alkanes) is 3. The summed E-state index contributed by atoms with van der Waals surface area (Å²) in [6.07, 6.45) is 2.45. The van der Waals surface area contributed by atoms with Crippen molar-refractivity contribution >= 4 is 36.2 Å². The molecular weight excluding hydrogens is 438 g/mol. The lowest BCUT2D eigenvalue weighted by Gasteiger charge is -2.12. The van der Waals surface area contributed by atoms with Crippen LogP contribution >= 0.6 is 12.4 Å². The maximum absolute atomic E-state index is 11.8. The van der Waals surface area contributed by atoms with Crippen molar-refractivity contribution in [1.29, 1.82) is 5.41 Å². The van der Waals surface area contributed by atoms with Gasteiger partial charge < -0.3 is 31.5 Å². The first-order chi connectivity index (χ1) is 14.9. The highest BCUT2D eigenvalue weighted by Crippen LogP contribution is 2.03. The van der Waals surface area contributed by atoms with Crippen molar-refractivity contribution in [2.75, 3.05) is 19.6 Å². The number of hydrogen-bond donors (Lipinski definition) is 6. The molecule has 0 radical (unpaired) electrons. The Balaban J connectivity index is 0.00000961. The average molecular weight is 472 g/mol. The Kier molecular flexibility index (Phi) is 16.2. The van der Waals surface area contributed by atoms with Gasteiger partial charge in [0.15, 0.2) is 5.96 Å². The molecule has 10 nitrogen and oxygen atoms in total. The molecular formula is C21H34ClN5O5. The van der Waals surface area contributed by atoms with Gasteiger partial charge in [0.25, 0.3) is 0 Å². The monoisotopic (exact) mass is 471 g/mol. The molecule has 1 aromatic carbocycles. The Morgan fingerprint density at radius 2 is 1.69 bits per heavy atom. The van der Waals surface area contributed by atoms with Gasteiger partial charge in [0.1, 0.15) is 13.2 Å². The summed E-state index contributed by atoms with van der Waals surface area (Å²) in [6.45, 7) is 0.444. The van der Waals surface area contributed by atoms with Gasteiger partial charge >= 0.3 is 5.97 Å². The first-order valence-electron chi connectivity index (χ1n) is 10.4. The average Bonchev–Trinajstić information content (AvgIpc) is 2.74. The highest BCUT2D eigenvalue weighted by molar-refractivity contribution is 5.85. The Morgan fingerprint density at radius 1 is 1.00 bits per heavy atom. The number of aliphatic hydroxyl groups excluding tert-OH is 1. The van der Waals surface area contributed by atoms with Crippen LogP contribution in [0.5, 0.6) is 0 Å². The normalized spacial score (nSPS) is 10.9. The lowest BCUT2D eigenvalue weighted by atomic mass is 10.1. The fraction of sp³-hybridized carbons (Fsp3) is 0.524. The molecule has 0 saturated carbocycles. The Bertz CT molecular complexity index is 705. The van der Waals surface area contributed by atoms with Gasteiger partial charge in [-0.3, -0.25) is 19.8 Å². The SMILES string of the molecule is Cl.N=C(N)NCCCCCCC(=O)NCC(O)CC(=O)NCC(=O)OCc1ccccc1. The van der Waals surface area contributed by atoms with Crippen molar-refractivity contribution in [3.05, 3.63) is 35.9 Å². The predicted octanol–water partition coefficient (Wildman–Crippen LogP) is 0.569. The second-order valence-electron chi connectivity index (χ2n) is 7.09. The summed E-state index contributed by atoms with van der Waals surface area (Å²) in [5.74, 6) is -1.31. The molecule has 11 heteroatoms. The minimum Gasteiger partial charge on any atom is -0.460 e. The number of amides is 2. The third-order valence-corrected chi connectivity index (χ3v) is 4.27. The summed E-state index contributed by atoms with van der Waals surface area (Å²) in [6, 6.07) is 9.18. The van der Waals surface area contributed by atoms with Crippen LogP contribution in [-0.2, 0) is 25.7 Å². The quantitative estimate of drug-likeness (QED) is 0.0940. The molecule has 0 bridgehead atoms. The largest absolute Gasteiger partial charge is 0.460 e. The zero-order valence-corrected chi connectivity index (χ0v) is 18.9. The molecule has 0 fully saturated rings. The Hall–Kier alpha value is -2.85. The van der Waals surface area contributed by atoms with Crippen molar-refractivity contribution in [3.8, 4) is 0 Å². The molecule has 1 aromatic rings. The lowest BCUT2D eigenvalue weighted by molar-refractivity contribution is -0.145. The third-order valence-electron chi connectivity index (χ3n) is 4.27. The molecule has 32 heavy (non-hydrogen) atoms. The van der Waals surface area contributed by atoms with Crippen LogP contribution in [0, 0.1) is 5.41 Å². The number of hydrogen-bond acceptors (Lipinski definition) is 6. The zero-order chi connectivity index (χ0) is 22.9. The van der Waals surface area contributed by atoms with Crippen LogP contribution in [0.25, 0.3) is 0 Å². The fourth-order valence-corrected chi connectivity index (χ4v) is 2.63. The first kappa shape index (κ1) is 29.1. The van der Waals surface area contributed by atoms with Gasteiger partial charge in [0, 0.05) is 19.5 Å². The summed E-state index contributed by atoms with van der Waals surface area (Å²) in [7, 11) is 0. The van der Waals surface area contributed by atoms with Crippen LogP contribution in [0.1, 0.15) is 44.1 Å². The molecule has 0 aliphatic carbocycles. The minimum absolute atomic E-state index is 0. The molecule has 0 spiro atoms. The fourth-order valence-electron chi connectivity index (χ4n) is 2.63. The number of benzene rings is 1. The molecule has 0 aliphatic rings. The van der Waals surface area contributed by atoms with E-state index in [1.54, 1.807) is 0 Å². The van der Waals surface area contributed by atoms with Crippen molar-refractivity contribution in [2.24, 2.45) is 5.73 Å². The van der Waals surface area contributed by atoms with Crippen LogP contribution in [0.2, 0.25) is 0 Å². The van der Waals surface area contributed by atoms with E-state index in [-0.39, 0.29) is 50.4 Å². The number of rotatable bonds is 15. The Morgan fingerprint density at radius 3 is 2.38 bits per heavy atom. The van der Waals surface area contributed by atoms with Gasteiger partial charge in [0.2, 0.25) is 11.8 Å². The standard InChI is InChI=1S/C21H33N5O5.ClH/c22-21(23)24-11-7-2-1-6-10-18(28)25-13-17(27)12-19(29)26-14-20(30)31-15-16-8-4-3-5-9-16;/h3-5,8-9,17,27H,1-2,6-7,10-15H2,(H,25,28)(H,26,29)(H4,22,23,24);1H. The van der Waals surface area contributed by atoms with Gasteiger partial charge in [-0.2, -0.15) is 0 Å². The smallest absolute Gasteiger partial charge is 0.325 e. The number of esters is 1. The van der Waals surface area contributed by atoms with E-state index in [4.69, 9.17) is 15.9 Å². The molecule has 2 amide bonds. The number of nitrogens with one attached hydrogen (secondary N) is 4.